The van der Waals surface area contributed by atoms with Crippen molar-refractivity contribution in [2.75, 3.05) is 13.2 Å². The monoisotopic (exact) mass is 187 g/mol. The summed E-state index contributed by atoms with van der Waals surface area (Å²) in [5, 5.41) is 3.18. The van der Waals surface area contributed by atoms with Gasteiger partial charge in [-0.3, -0.25) is 4.79 Å². The van der Waals surface area contributed by atoms with Crippen LogP contribution in [0.25, 0.3) is 0 Å². The van der Waals surface area contributed by atoms with Crippen LogP contribution < -0.4 is 5.32 Å². The molecular weight excluding hydrogens is 166 g/mol. The molecule has 0 unspecified atom stereocenters. The van der Waals surface area contributed by atoms with Gasteiger partial charge >= 0.3 is 5.97 Å². The SMILES string of the molecule is CC(C)CC(=O)OCCNC(C)C. The first-order chi connectivity index (χ1) is 6.02. The minimum atomic E-state index is -0.0967. The van der Waals surface area contributed by atoms with Crippen LogP contribution in [0.2, 0.25) is 0 Å². The fraction of sp³-hybridized carbons (Fsp3) is 0.900. The number of carbonyl (C=O) groups is 1. The van der Waals surface area contributed by atoms with Crippen molar-refractivity contribution in [3.05, 3.63) is 0 Å². The molecule has 0 atom stereocenters. The van der Waals surface area contributed by atoms with E-state index in [4.69, 9.17) is 4.74 Å². The Labute approximate surface area is 80.8 Å². The summed E-state index contributed by atoms with van der Waals surface area (Å²) in [4.78, 5) is 11.0. The van der Waals surface area contributed by atoms with Gasteiger partial charge in [0.05, 0.1) is 0 Å². The van der Waals surface area contributed by atoms with Gasteiger partial charge in [0.1, 0.15) is 6.61 Å². The molecule has 78 valence electrons. The lowest BCUT2D eigenvalue weighted by atomic mass is 10.1. The molecule has 0 fully saturated rings. The second-order valence-corrected chi connectivity index (χ2v) is 3.93. The molecule has 0 saturated carbocycles. The van der Waals surface area contributed by atoms with Crippen molar-refractivity contribution in [1.29, 1.82) is 0 Å². The second-order valence-electron chi connectivity index (χ2n) is 3.93. The second kappa shape index (κ2) is 6.89. The average Bonchev–Trinajstić information content (AvgIpc) is 1.96. The highest BCUT2D eigenvalue weighted by molar-refractivity contribution is 5.69. The first kappa shape index (κ1) is 12.4. The molecule has 0 aromatic rings. The highest BCUT2D eigenvalue weighted by atomic mass is 16.5. The largest absolute Gasteiger partial charge is 0.464 e. The summed E-state index contributed by atoms with van der Waals surface area (Å²) in [5.74, 6) is 0.283. The summed E-state index contributed by atoms with van der Waals surface area (Å²) < 4.78 is 5.00. The van der Waals surface area contributed by atoms with E-state index in [1.54, 1.807) is 0 Å². The molecule has 0 radical (unpaired) electrons. The smallest absolute Gasteiger partial charge is 0.306 e. The standard InChI is InChI=1S/C10H21NO2/c1-8(2)7-10(12)13-6-5-11-9(3)4/h8-9,11H,5-7H2,1-4H3. The molecule has 0 aliphatic carbocycles. The van der Waals surface area contributed by atoms with Gasteiger partial charge < -0.3 is 10.1 Å². The van der Waals surface area contributed by atoms with E-state index >= 15 is 0 Å². The van der Waals surface area contributed by atoms with E-state index in [-0.39, 0.29) is 5.97 Å². The molecule has 0 bridgehead atoms. The van der Waals surface area contributed by atoms with E-state index in [0.29, 0.717) is 25.0 Å². The fourth-order valence-electron chi connectivity index (χ4n) is 0.905. The molecule has 0 saturated heterocycles. The minimum absolute atomic E-state index is 0.0967. The molecule has 1 N–H and O–H groups in total. The van der Waals surface area contributed by atoms with E-state index in [0.717, 1.165) is 6.54 Å². The van der Waals surface area contributed by atoms with Crippen LogP contribution in [0.4, 0.5) is 0 Å². The van der Waals surface area contributed by atoms with Crippen LogP contribution in [0.5, 0.6) is 0 Å². The first-order valence-electron chi connectivity index (χ1n) is 4.91. The molecule has 0 aliphatic rings. The normalized spacial score (nSPS) is 10.9. The molecular formula is C10H21NO2. The van der Waals surface area contributed by atoms with Crippen molar-refractivity contribution in [1.82, 2.24) is 5.32 Å². The lowest BCUT2D eigenvalue weighted by Gasteiger charge is -2.09. The number of nitrogens with one attached hydrogen (secondary N) is 1. The van der Waals surface area contributed by atoms with Crippen LogP contribution in [-0.4, -0.2) is 25.2 Å². The van der Waals surface area contributed by atoms with Gasteiger partial charge in [0.15, 0.2) is 0 Å². The number of hydrogen-bond donors (Lipinski definition) is 1. The maximum atomic E-state index is 11.0. The van der Waals surface area contributed by atoms with Gasteiger partial charge in [0.25, 0.3) is 0 Å². The summed E-state index contributed by atoms with van der Waals surface area (Å²) in [5.41, 5.74) is 0. The highest BCUT2D eigenvalue weighted by Gasteiger charge is 2.05. The molecule has 0 aliphatic heterocycles. The Morgan fingerprint density at radius 2 is 1.92 bits per heavy atom. The van der Waals surface area contributed by atoms with Gasteiger partial charge in [-0.25, -0.2) is 0 Å². The Kier molecular flexibility index (Phi) is 6.59. The van der Waals surface area contributed by atoms with E-state index in [1.807, 2.05) is 13.8 Å². The zero-order valence-corrected chi connectivity index (χ0v) is 9.09. The lowest BCUT2D eigenvalue weighted by Crippen LogP contribution is -2.27. The Hall–Kier alpha value is -0.570. The Bertz CT molecular complexity index is 144. The van der Waals surface area contributed by atoms with Crippen LogP contribution in [0, 0.1) is 5.92 Å². The summed E-state index contributed by atoms with van der Waals surface area (Å²) in [7, 11) is 0. The fourth-order valence-corrected chi connectivity index (χ4v) is 0.905. The van der Waals surface area contributed by atoms with E-state index in [2.05, 4.69) is 19.2 Å². The van der Waals surface area contributed by atoms with Gasteiger partial charge in [-0.2, -0.15) is 0 Å². The predicted octanol–water partition coefficient (Wildman–Crippen LogP) is 1.57. The van der Waals surface area contributed by atoms with Crippen molar-refractivity contribution in [3.63, 3.8) is 0 Å². The molecule has 0 aromatic carbocycles. The van der Waals surface area contributed by atoms with Crippen molar-refractivity contribution < 1.29 is 9.53 Å². The molecule has 13 heavy (non-hydrogen) atoms. The van der Waals surface area contributed by atoms with Crippen molar-refractivity contribution in [2.24, 2.45) is 5.92 Å². The highest BCUT2D eigenvalue weighted by Crippen LogP contribution is 2.00. The number of hydrogen-bond acceptors (Lipinski definition) is 3. The van der Waals surface area contributed by atoms with Crippen LogP contribution in [0.1, 0.15) is 34.1 Å². The Morgan fingerprint density at radius 3 is 2.38 bits per heavy atom. The lowest BCUT2D eigenvalue weighted by molar-refractivity contribution is -0.144. The summed E-state index contributed by atoms with van der Waals surface area (Å²) in [6.45, 7) is 9.36. The zero-order chi connectivity index (χ0) is 10.3. The third kappa shape index (κ3) is 9.34. The minimum Gasteiger partial charge on any atom is -0.464 e. The molecule has 0 spiro atoms. The van der Waals surface area contributed by atoms with Crippen molar-refractivity contribution in [2.45, 2.75) is 40.2 Å². The van der Waals surface area contributed by atoms with Crippen molar-refractivity contribution in [3.8, 4) is 0 Å². The topological polar surface area (TPSA) is 38.3 Å². The average molecular weight is 187 g/mol. The van der Waals surface area contributed by atoms with E-state index in [9.17, 15) is 4.79 Å². The number of ether oxygens (including phenoxy) is 1. The van der Waals surface area contributed by atoms with Crippen LogP contribution >= 0.6 is 0 Å². The third-order valence-corrected chi connectivity index (χ3v) is 1.49. The van der Waals surface area contributed by atoms with Gasteiger partial charge in [0.2, 0.25) is 0 Å². The van der Waals surface area contributed by atoms with Gasteiger partial charge in [-0.1, -0.05) is 27.7 Å². The summed E-state index contributed by atoms with van der Waals surface area (Å²) in [6, 6.07) is 0.448. The van der Waals surface area contributed by atoms with Gasteiger partial charge in [0, 0.05) is 19.0 Å². The Morgan fingerprint density at radius 1 is 1.31 bits per heavy atom. The Balaban J connectivity index is 3.27. The molecule has 0 heterocycles. The number of rotatable bonds is 6. The molecule has 0 rings (SSSR count). The van der Waals surface area contributed by atoms with Gasteiger partial charge in [-0.05, 0) is 5.92 Å². The number of carbonyl (C=O) groups excluding carboxylic acids is 1. The zero-order valence-electron chi connectivity index (χ0n) is 9.09. The van der Waals surface area contributed by atoms with Crippen LogP contribution in [0.15, 0.2) is 0 Å². The first-order valence-corrected chi connectivity index (χ1v) is 4.91. The molecule has 3 heteroatoms. The van der Waals surface area contributed by atoms with E-state index < -0.39 is 0 Å². The van der Waals surface area contributed by atoms with Crippen LogP contribution in [0.3, 0.4) is 0 Å². The molecule has 0 amide bonds. The summed E-state index contributed by atoms with van der Waals surface area (Å²) >= 11 is 0. The number of esters is 1. The summed E-state index contributed by atoms with van der Waals surface area (Å²) in [6.07, 6.45) is 0.516. The molecule has 0 aromatic heterocycles. The maximum Gasteiger partial charge on any atom is 0.306 e. The predicted molar refractivity (Wildman–Crippen MR) is 53.6 cm³/mol. The quantitative estimate of drug-likeness (QED) is 0.507. The van der Waals surface area contributed by atoms with E-state index in [1.165, 1.54) is 0 Å². The third-order valence-electron chi connectivity index (χ3n) is 1.49. The maximum absolute atomic E-state index is 11.0. The van der Waals surface area contributed by atoms with Gasteiger partial charge in [-0.15, -0.1) is 0 Å². The van der Waals surface area contributed by atoms with Crippen molar-refractivity contribution >= 4 is 5.97 Å². The molecule has 3 nitrogen and oxygen atoms in total. The van der Waals surface area contributed by atoms with Crippen LogP contribution in [-0.2, 0) is 9.53 Å².